The smallest absolute Gasteiger partial charge is 0.255 e. The molecule has 1 aromatic carbocycles. The lowest BCUT2D eigenvalue weighted by Crippen LogP contribution is -2.48. The van der Waals surface area contributed by atoms with Gasteiger partial charge in [-0.2, -0.15) is 0 Å². The van der Waals surface area contributed by atoms with Gasteiger partial charge in [-0.15, -0.1) is 0 Å². The van der Waals surface area contributed by atoms with Gasteiger partial charge in [0.2, 0.25) is 0 Å². The van der Waals surface area contributed by atoms with Crippen LogP contribution in [0.1, 0.15) is 35.7 Å². The highest BCUT2D eigenvalue weighted by molar-refractivity contribution is 6.20. The zero-order chi connectivity index (χ0) is 22.8. The van der Waals surface area contributed by atoms with Gasteiger partial charge in [-0.05, 0) is 49.3 Å². The molecule has 8 heteroatoms. The number of phenolic OH excluding ortho intramolecular Hbond substituents is 1. The summed E-state index contributed by atoms with van der Waals surface area (Å²) in [6.07, 6.45) is 0.963. The van der Waals surface area contributed by atoms with Crippen LogP contribution < -0.4 is 10.6 Å². The number of carbonyl (C=O) groups is 3. The van der Waals surface area contributed by atoms with E-state index >= 15 is 0 Å². The molecule has 0 saturated carbocycles. The van der Waals surface area contributed by atoms with Crippen molar-refractivity contribution in [2.45, 2.75) is 26.2 Å². The summed E-state index contributed by atoms with van der Waals surface area (Å²) in [6.45, 7) is 1.67. The van der Waals surface area contributed by atoms with E-state index in [1.54, 1.807) is 13.0 Å². The number of nitrogens with two attached hydrogens (primary N) is 1. The number of benzene rings is 1. The number of aliphatic hydroxyl groups is 1. The van der Waals surface area contributed by atoms with Crippen LogP contribution in [0.5, 0.6) is 5.75 Å². The van der Waals surface area contributed by atoms with Gasteiger partial charge in [0, 0.05) is 31.8 Å². The molecule has 4 N–H and O–H groups in total. The van der Waals surface area contributed by atoms with E-state index < -0.39 is 28.4 Å². The van der Waals surface area contributed by atoms with Crippen molar-refractivity contribution >= 4 is 23.2 Å². The number of ketones is 2. The highest BCUT2D eigenvalue weighted by Crippen LogP contribution is 2.58. The van der Waals surface area contributed by atoms with Crippen molar-refractivity contribution in [3.63, 3.8) is 0 Å². The Hall–Kier alpha value is -3.29. The first-order chi connectivity index (χ1) is 14.5. The third-order valence-electron chi connectivity index (χ3n) is 7.07. The van der Waals surface area contributed by atoms with E-state index in [4.69, 9.17) is 10.5 Å². The van der Waals surface area contributed by atoms with E-state index in [9.17, 15) is 24.6 Å². The van der Waals surface area contributed by atoms with Crippen LogP contribution in [0.25, 0.3) is 0 Å². The molecule has 3 unspecified atom stereocenters. The number of nitrogens with zero attached hydrogens (tertiary/aromatic N) is 1. The monoisotopic (exact) mass is 426 g/mol. The SMILES string of the molecule is COC1=C2C(=O)c3c(O)ccc(N(C)C)c3CC2CC2CC(=O)C(C(N)=O)=C(O)C12C. The number of phenols is 1. The van der Waals surface area contributed by atoms with Crippen molar-refractivity contribution in [3.8, 4) is 5.75 Å². The maximum Gasteiger partial charge on any atom is 0.255 e. The molecule has 0 fully saturated rings. The minimum absolute atomic E-state index is 0.0249. The van der Waals surface area contributed by atoms with Gasteiger partial charge in [0.05, 0.1) is 18.1 Å². The molecule has 3 atom stereocenters. The second-order valence-electron chi connectivity index (χ2n) is 8.88. The Labute approximate surface area is 180 Å². The summed E-state index contributed by atoms with van der Waals surface area (Å²) in [5.74, 6) is -2.81. The van der Waals surface area contributed by atoms with Gasteiger partial charge in [-0.25, -0.2) is 0 Å². The first kappa shape index (κ1) is 21.0. The minimum atomic E-state index is -1.24. The summed E-state index contributed by atoms with van der Waals surface area (Å²) in [7, 11) is 5.14. The normalized spacial score (nSPS) is 27.5. The first-order valence-corrected chi connectivity index (χ1v) is 10.2. The molecular weight excluding hydrogens is 400 g/mol. The summed E-state index contributed by atoms with van der Waals surface area (Å²) in [6, 6.07) is 3.27. The molecule has 3 aliphatic carbocycles. The highest BCUT2D eigenvalue weighted by atomic mass is 16.5. The fraction of sp³-hybridized carbons (Fsp3) is 0.435. The zero-order valence-electron chi connectivity index (χ0n) is 18.0. The quantitative estimate of drug-likeness (QED) is 0.630. The zero-order valence-corrected chi connectivity index (χ0v) is 18.0. The average Bonchev–Trinajstić information content (AvgIpc) is 2.67. The molecule has 164 valence electrons. The van der Waals surface area contributed by atoms with Gasteiger partial charge in [-0.1, -0.05) is 0 Å². The second-order valence-corrected chi connectivity index (χ2v) is 8.88. The van der Waals surface area contributed by atoms with Crippen molar-refractivity contribution in [3.05, 3.63) is 45.9 Å². The summed E-state index contributed by atoms with van der Waals surface area (Å²) >= 11 is 0. The Kier molecular flexibility index (Phi) is 4.64. The Balaban J connectivity index is 1.99. The predicted molar refractivity (Wildman–Crippen MR) is 113 cm³/mol. The lowest BCUT2D eigenvalue weighted by molar-refractivity contribution is -0.124. The number of hydrogen-bond donors (Lipinski definition) is 3. The number of allylic oxidation sites excluding steroid dienone is 1. The molecule has 0 heterocycles. The van der Waals surface area contributed by atoms with Crippen LogP contribution in [0.4, 0.5) is 5.69 Å². The fourth-order valence-electron chi connectivity index (χ4n) is 5.59. The van der Waals surface area contributed by atoms with Gasteiger partial charge in [-0.3, -0.25) is 14.4 Å². The Morgan fingerprint density at radius 2 is 1.90 bits per heavy atom. The molecule has 4 rings (SSSR count). The van der Waals surface area contributed by atoms with Crippen LogP contribution in [0.15, 0.2) is 34.8 Å². The molecule has 31 heavy (non-hydrogen) atoms. The van der Waals surface area contributed by atoms with Crippen LogP contribution in [0, 0.1) is 17.3 Å². The number of aromatic hydroxyl groups is 1. The van der Waals surface area contributed by atoms with E-state index in [0.717, 1.165) is 11.3 Å². The fourth-order valence-corrected chi connectivity index (χ4v) is 5.59. The third-order valence-corrected chi connectivity index (χ3v) is 7.07. The molecule has 0 aromatic heterocycles. The molecule has 3 aliphatic rings. The van der Waals surface area contributed by atoms with Crippen LogP contribution >= 0.6 is 0 Å². The van der Waals surface area contributed by atoms with Crippen LogP contribution in [-0.4, -0.2) is 48.9 Å². The predicted octanol–water partition coefficient (Wildman–Crippen LogP) is 2.01. The Morgan fingerprint density at radius 3 is 2.48 bits per heavy atom. The van der Waals surface area contributed by atoms with Gasteiger partial charge in [0.15, 0.2) is 11.6 Å². The topological polar surface area (TPSA) is 130 Å². The molecule has 0 radical (unpaired) electrons. The summed E-state index contributed by atoms with van der Waals surface area (Å²) in [5.41, 5.74) is 5.87. The van der Waals surface area contributed by atoms with Crippen molar-refractivity contribution in [2.75, 3.05) is 26.1 Å². The van der Waals surface area contributed by atoms with Gasteiger partial charge in [0.1, 0.15) is 22.8 Å². The Morgan fingerprint density at radius 1 is 1.23 bits per heavy atom. The largest absolute Gasteiger partial charge is 0.510 e. The molecule has 0 spiro atoms. The molecule has 1 amide bonds. The highest BCUT2D eigenvalue weighted by Gasteiger charge is 2.57. The molecular formula is C23H26N2O6. The van der Waals surface area contributed by atoms with E-state index in [-0.39, 0.29) is 41.1 Å². The molecule has 0 saturated heterocycles. The molecule has 0 aliphatic heterocycles. The number of anilines is 1. The van der Waals surface area contributed by atoms with Crippen molar-refractivity contribution < 1.29 is 29.3 Å². The minimum Gasteiger partial charge on any atom is -0.510 e. The number of hydrogen-bond acceptors (Lipinski definition) is 7. The van der Waals surface area contributed by atoms with Crippen LogP contribution in [0.2, 0.25) is 0 Å². The lowest BCUT2D eigenvalue weighted by atomic mass is 9.56. The third kappa shape index (κ3) is 2.70. The van der Waals surface area contributed by atoms with Crippen molar-refractivity contribution in [2.24, 2.45) is 23.0 Å². The summed E-state index contributed by atoms with van der Waals surface area (Å²) in [5, 5.41) is 21.5. The maximum atomic E-state index is 13.6. The average molecular weight is 426 g/mol. The molecule has 8 nitrogen and oxygen atoms in total. The number of aliphatic hydroxyl groups excluding tert-OH is 1. The molecule has 0 bridgehead atoms. The van der Waals surface area contributed by atoms with Crippen LogP contribution in [-0.2, 0) is 20.7 Å². The van der Waals surface area contributed by atoms with Gasteiger partial charge in [0.25, 0.3) is 5.91 Å². The van der Waals surface area contributed by atoms with E-state index in [2.05, 4.69) is 0 Å². The number of ether oxygens (including phenoxy) is 1. The number of primary amides is 1. The van der Waals surface area contributed by atoms with E-state index in [1.807, 2.05) is 19.0 Å². The number of amides is 1. The number of carbonyl (C=O) groups excluding carboxylic acids is 3. The van der Waals surface area contributed by atoms with E-state index in [1.165, 1.54) is 13.2 Å². The van der Waals surface area contributed by atoms with Crippen molar-refractivity contribution in [1.82, 2.24) is 0 Å². The standard InChI is InChI=1S/C23H26N2O6/c1-23-11(9-15(27)18(20(23)29)22(24)30)7-10-8-12-13(25(2)3)5-6-14(26)17(12)19(28)16(10)21(23)31-4/h5-6,10-11,26,29H,7-9H2,1-4H3,(H2,24,30). The Bertz CT molecular complexity index is 1100. The second kappa shape index (κ2) is 6.87. The summed E-state index contributed by atoms with van der Waals surface area (Å²) < 4.78 is 5.68. The number of Topliss-reactive ketones (excluding diaryl/α,β-unsaturated/α-hetero) is 2. The van der Waals surface area contributed by atoms with Crippen molar-refractivity contribution in [1.29, 1.82) is 0 Å². The van der Waals surface area contributed by atoms with Crippen LogP contribution in [0.3, 0.4) is 0 Å². The summed E-state index contributed by atoms with van der Waals surface area (Å²) in [4.78, 5) is 40.0. The molecule has 1 aromatic rings. The number of fused-ring (bicyclic) bond motifs is 3. The maximum absolute atomic E-state index is 13.6. The van der Waals surface area contributed by atoms with Gasteiger partial charge < -0.3 is 25.6 Å². The lowest BCUT2D eigenvalue weighted by Gasteiger charge is -2.48. The number of methoxy groups -OCH3 is 1. The number of rotatable bonds is 3. The first-order valence-electron chi connectivity index (χ1n) is 10.2. The van der Waals surface area contributed by atoms with E-state index in [0.29, 0.717) is 18.4 Å². The van der Waals surface area contributed by atoms with Gasteiger partial charge >= 0.3 is 0 Å².